The third-order valence-electron chi connectivity index (χ3n) is 2.49. The molecular formula is C12H15N3O. The van der Waals surface area contributed by atoms with Crippen LogP contribution in [0.15, 0.2) is 30.5 Å². The number of hydrogen-bond acceptors (Lipinski definition) is 2. The molecule has 0 unspecified atom stereocenters. The fraction of sp³-hybridized carbons (Fsp3) is 0.250. The SMILES string of the molecule is CNCCNC(=O)c1c[nH]c2ccccc12. The van der Waals surface area contributed by atoms with Crippen molar-refractivity contribution in [3.8, 4) is 0 Å². The smallest absolute Gasteiger partial charge is 0.253 e. The molecule has 1 heterocycles. The van der Waals surface area contributed by atoms with Gasteiger partial charge in [-0.1, -0.05) is 18.2 Å². The summed E-state index contributed by atoms with van der Waals surface area (Å²) in [6.07, 6.45) is 1.75. The van der Waals surface area contributed by atoms with Crippen LogP contribution < -0.4 is 10.6 Å². The van der Waals surface area contributed by atoms with Crippen molar-refractivity contribution >= 4 is 16.8 Å². The summed E-state index contributed by atoms with van der Waals surface area (Å²) in [6, 6.07) is 7.78. The Hall–Kier alpha value is -1.81. The number of carbonyl (C=O) groups is 1. The van der Waals surface area contributed by atoms with E-state index in [0.717, 1.165) is 17.4 Å². The molecule has 0 aliphatic carbocycles. The van der Waals surface area contributed by atoms with Gasteiger partial charge in [-0.25, -0.2) is 0 Å². The predicted molar refractivity (Wildman–Crippen MR) is 64.6 cm³/mol. The summed E-state index contributed by atoms with van der Waals surface area (Å²) >= 11 is 0. The maximum Gasteiger partial charge on any atom is 0.253 e. The lowest BCUT2D eigenvalue weighted by Gasteiger charge is -2.03. The highest BCUT2D eigenvalue weighted by atomic mass is 16.1. The maximum atomic E-state index is 11.8. The number of likely N-dealkylation sites (N-methyl/N-ethyl adjacent to an activating group) is 1. The fourth-order valence-corrected chi connectivity index (χ4v) is 1.66. The molecular weight excluding hydrogens is 202 g/mol. The molecule has 0 saturated heterocycles. The minimum absolute atomic E-state index is 0.0345. The minimum atomic E-state index is -0.0345. The van der Waals surface area contributed by atoms with Gasteiger partial charge in [0.2, 0.25) is 0 Å². The van der Waals surface area contributed by atoms with Crippen molar-refractivity contribution in [2.24, 2.45) is 0 Å². The minimum Gasteiger partial charge on any atom is -0.360 e. The standard InChI is InChI=1S/C12H15N3O/c1-13-6-7-14-12(16)10-8-15-11-5-3-2-4-9(10)11/h2-5,8,13,15H,6-7H2,1H3,(H,14,16). The van der Waals surface area contributed by atoms with Crippen molar-refractivity contribution in [3.63, 3.8) is 0 Å². The van der Waals surface area contributed by atoms with Crippen LogP contribution in [0.1, 0.15) is 10.4 Å². The molecule has 4 nitrogen and oxygen atoms in total. The zero-order valence-electron chi connectivity index (χ0n) is 9.21. The Morgan fingerprint density at radius 1 is 1.31 bits per heavy atom. The summed E-state index contributed by atoms with van der Waals surface area (Å²) < 4.78 is 0. The Balaban J connectivity index is 2.17. The van der Waals surface area contributed by atoms with Gasteiger partial charge in [0.25, 0.3) is 5.91 Å². The molecule has 0 aliphatic rings. The molecule has 0 fully saturated rings. The number of hydrogen-bond donors (Lipinski definition) is 3. The number of aromatic amines is 1. The van der Waals surface area contributed by atoms with Crippen LogP contribution in [0, 0.1) is 0 Å². The van der Waals surface area contributed by atoms with Crippen LogP contribution in [0.3, 0.4) is 0 Å². The van der Waals surface area contributed by atoms with Gasteiger partial charge in [-0.15, -0.1) is 0 Å². The molecule has 1 amide bonds. The van der Waals surface area contributed by atoms with Gasteiger partial charge in [-0.2, -0.15) is 0 Å². The zero-order valence-corrected chi connectivity index (χ0v) is 9.21. The summed E-state index contributed by atoms with van der Waals surface area (Å²) in [7, 11) is 1.86. The van der Waals surface area contributed by atoms with E-state index in [-0.39, 0.29) is 5.91 Å². The molecule has 2 rings (SSSR count). The third kappa shape index (κ3) is 2.06. The van der Waals surface area contributed by atoms with Gasteiger partial charge in [0.1, 0.15) is 0 Å². The number of aromatic nitrogens is 1. The number of H-pyrrole nitrogens is 1. The molecule has 16 heavy (non-hydrogen) atoms. The van der Waals surface area contributed by atoms with Crippen molar-refractivity contribution in [1.82, 2.24) is 15.6 Å². The highest BCUT2D eigenvalue weighted by Gasteiger charge is 2.10. The summed E-state index contributed by atoms with van der Waals surface area (Å²) in [5.41, 5.74) is 1.69. The Bertz CT molecular complexity index is 490. The van der Waals surface area contributed by atoms with E-state index in [9.17, 15) is 4.79 Å². The van der Waals surface area contributed by atoms with Gasteiger partial charge >= 0.3 is 0 Å². The first-order valence-electron chi connectivity index (χ1n) is 5.32. The molecule has 4 heteroatoms. The molecule has 0 aliphatic heterocycles. The molecule has 0 saturated carbocycles. The van der Waals surface area contributed by atoms with E-state index in [1.54, 1.807) is 6.20 Å². The van der Waals surface area contributed by atoms with E-state index >= 15 is 0 Å². The number of nitrogens with one attached hydrogen (secondary N) is 3. The highest BCUT2D eigenvalue weighted by Crippen LogP contribution is 2.17. The number of para-hydroxylation sites is 1. The average molecular weight is 217 g/mol. The quantitative estimate of drug-likeness (QED) is 0.672. The van der Waals surface area contributed by atoms with Gasteiger partial charge in [0.15, 0.2) is 0 Å². The highest BCUT2D eigenvalue weighted by molar-refractivity contribution is 6.06. The van der Waals surface area contributed by atoms with Crippen molar-refractivity contribution in [3.05, 3.63) is 36.0 Å². The van der Waals surface area contributed by atoms with E-state index in [1.807, 2.05) is 31.3 Å². The van der Waals surface area contributed by atoms with Crippen LogP contribution in [0.5, 0.6) is 0 Å². The Morgan fingerprint density at radius 2 is 2.12 bits per heavy atom. The summed E-state index contributed by atoms with van der Waals surface area (Å²) in [5.74, 6) is -0.0345. The topological polar surface area (TPSA) is 56.9 Å². The van der Waals surface area contributed by atoms with Gasteiger partial charge < -0.3 is 15.6 Å². The van der Waals surface area contributed by atoms with Crippen molar-refractivity contribution in [2.75, 3.05) is 20.1 Å². The summed E-state index contributed by atoms with van der Waals surface area (Å²) in [6.45, 7) is 1.41. The van der Waals surface area contributed by atoms with E-state index in [0.29, 0.717) is 12.1 Å². The molecule has 1 aromatic heterocycles. The zero-order chi connectivity index (χ0) is 11.4. The van der Waals surface area contributed by atoms with Gasteiger partial charge in [0, 0.05) is 30.2 Å². The first kappa shape index (κ1) is 10.7. The second kappa shape index (κ2) is 4.81. The monoisotopic (exact) mass is 217 g/mol. The first-order chi connectivity index (χ1) is 7.83. The van der Waals surface area contributed by atoms with Crippen LogP contribution in [-0.4, -0.2) is 31.0 Å². The summed E-state index contributed by atoms with van der Waals surface area (Å²) in [5, 5.41) is 6.80. The fourth-order valence-electron chi connectivity index (χ4n) is 1.66. The normalized spacial score (nSPS) is 10.6. The number of fused-ring (bicyclic) bond motifs is 1. The third-order valence-corrected chi connectivity index (χ3v) is 2.49. The second-order valence-corrected chi connectivity index (χ2v) is 3.61. The predicted octanol–water partition coefficient (Wildman–Crippen LogP) is 1.12. The second-order valence-electron chi connectivity index (χ2n) is 3.61. The lowest BCUT2D eigenvalue weighted by molar-refractivity contribution is 0.0956. The molecule has 2 aromatic rings. The molecule has 84 valence electrons. The average Bonchev–Trinajstić information content (AvgIpc) is 2.73. The van der Waals surface area contributed by atoms with Crippen LogP contribution in [0.25, 0.3) is 10.9 Å². The Kier molecular flexibility index (Phi) is 3.22. The first-order valence-corrected chi connectivity index (χ1v) is 5.32. The van der Waals surface area contributed by atoms with Crippen molar-refractivity contribution in [1.29, 1.82) is 0 Å². The molecule has 3 N–H and O–H groups in total. The number of rotatable bonds is 4. The molecule has 0 radical (unpaired) electrons. The number of benzene rings is 1. The van der Waals surface area contributed by atoms with Crippen LogP contribution >= 0.6 is 0 Å². The van der Waals surface area contributed by atoms with E-state index in [4.69, 9.17) is 0 Å². The van der Waals surface area contributed by atoms with Crippen LogP contribution in [0.4, 0.5) is 0 Å². The lowest BCUT2D eigenvalue weighted by Crippen LogP contribution is -2.30. The Morgan fingerprint density at radius 3 is 2.94 bits per heavy atom. The number of amides is 1. The van der Waals surface area contributed by atoms with E-state index in [1.165, 1.54) is 0 Å². The number of carbonyl (C=O) groups excluding carboxylic acids is 1. The molecule has 0 atom stereocenters. The van der Waals surface area contributed by atoms with Crippen LogP contribution in [0.2, 0.25) is 0 Å². The van der Waals surface area contributed by atoms with Crippen molar-refractivity contribution < 1.29 is 4.79 Å². The molecule has 1 aromatic carbocycles. The van der Waals surface area contributed by atoms with E-state index < -0.39 is 0 Å². The largest absolute Gasteiger partial charge is 0.360 e. The van der Waals surface area contributed by atoms with Gasteiger partial charge in [-0.3, -0.25) is 4.79 Å². The molecule has 0 spiro atoms. The van der Waals surface area contributed by atoms with Gasteiger partial charge in [-0.05, 0) is 13.1 Å². The summed E-state index contributed by atoms with van der Waals surface area (Å²) in [4.78, 5) is 14.9. The maximum absolute atomic E-state index is 11.8. The van der Waals surface area contributed by atoms with Crippen molar-refractivity contribution in [2.45, 2.75) is 0 Å². The van der Waals surface area contributed by atoms with E-state index in [2.05, 4.69) is 15.6 Å². The lowest BCUT2D eigenvalue weighted by atomic mass is 10.1. The van der Waals surface area contributed by atoms with Crippen LogP contribution in [-0.2, 0) is 0 Å². The molecule has 0 bridgehead atoms. The van der Waals surface area contributed by atoms with Gasteiger partial charge in [0.05, 0.1) is 5.56 Å². The Labute approximate surface area is 94.0 Å².